The molecule has 0 aliphatic rings. The number of carboxylic acids is 1. The van der Waals surface area contributed by atoms with E-state index in [1.54, 1.807) is 0 Å². The summed E-state index contributed by atoms with van der Waals surface area (Å²) in [7, 11) is 0. The monoisotopic (exact) mass is 276 g/mol. The summed E-state index contributed by atoms with van der Waals surface area (Å²) in [6.07, 6.45) is -2.82. The van der Waals surface area contributed by atoms with E-state index in [1.165, 1.54) is 24.5 Å². The van der Waals surface area contributed by atoms with Crippen LogP contribution in [0.1, 0.15) is 12.0 Å². The SMILES string of the molecule is O=C(O)CCN(Cc1cccnc1)C(=O)C(F)(F)F. The molecule has 1 N–H and O–H groups in total. The molecule has 0 fully saturated rings. The van der Waals surface area contributed by atoms with Gasteiger partial charge >= 0.3 is 18.1 Å². The lowest BCUT2D eigenvalue weighted by Gasteiger charge is -2.23. The molecule has 104 valence electrons. The van der Waals surface area contributed by atoms with Crippen molar-refractivity contribution in [2.24, 2.45) is 0 Å². The van der Waals surface area contributed by atoms with Crippen LogP contribution in [0.25, 0.3) is 0 Å². The second-order valence-corrected chi connectivity index (χ2v) is 3.73. The van der Waals surface area contributed by atoms with Crippen LogP contribution in [0.2, 0.25) is 0 Å². The summed E-state index contributed by atoms with van der Waals surface area (Å²) in [5, 5.41) is 8.48. The average molecular weight is 276 g/mol. The molecule has 1 aromatic heterocycles. The van der Waals surface area contributed by atoms with Crippen LogP contribution in [0.3, 0.4) is 0 Å². The Morgan fingerprint density at radius 2 is 2.05 bits per heavy atom. The van der Waals surface area contributed by atoms with Gasteiger partial charge in [-0.05, 0) is 11.6 Å². The molecule has 0 unspecified atom stereocenters. The summed E-state index contributed by atoms with van der Waals surface area (Å²) in [5.41, 5.74) is 0.394. The first-order valence-electron chi connectivity index (χ1n) is 5.27. The maximum absolute atomic E-state index is 12.4. The smallest absolute Gasteiger partial charge is 0.471 e. The van der Waals surface area contributed by atoms with Crippen molar-refractivity contribution >= 4 is 11.9 Å². The lowest BCUT2D eigenvalue weighted by Crippen LogP contribution is -2.41. The highest BCUT2D eigenvalue weighted by Crippen LogP contribution is 2.20. The van der Waals surface area contributed by atoms with Crippen molar-refractivity contribution in [3.05, 3.63) is 30.1 Å². The van der Waals surface area contributed by atoms with Crippen LogP contribution >= 0.6 is 0 Å². The summed E-state index contributed by atoms with van der Waals surface area (Å²) < 4.78 is 37.1. The van der Waals surface area contributed by atoms with E-state index < -0.39 is 31.0 Å². The average Bonchev–Trinajstić information content (AvgIpc) is 2.33. The molecule has 0 radical (unpaired) electrons. The van der Waals surface area contributed by atoms with Crippen molar-refractivity contribution in [3.63, 3.8) is 0 Å². The second-order valence-electron chi connectivity index (χ2n) is 3.73. The molecule has 19 heavy (non-hydrogen) atoms. The molecular weight excluding hydrogens is 265 g/mol. The summed E-state index contributed by atoms with van der Waals surface area (Å²) >= 11 is 0. The molecule has 1 aromatic rings. The number of amides is 1. The van der Waals surface area contributed by atoms with Crippen molar-refractivity contribution < 1.29 is 27.9 Å². The highest BCUT2D eigenvalue weighted by molar-refractivity contribution is 5.82. The van der Waals surface area contributed by atoms with Gasteiger partial charge in [-0.25, -0.2) is 0 Å². The van der Waals surface area contributed by atoms with Gasteiger partial charge in [0.2, 0.25) is 0 Å². The molecule has 0 saturated heterocycles. The van der Waals surface area contributed by atoms with Crippen LogP contribution in [-0.2, 0) is 16.1 Å². The Morgan fingerprint density at radius 1 is 1.37 bits per heavy atom. The number of rotatable bonds is 5. The van der Waals surface area contributed by atoms with E-state index in [0.29, 0.717) is 10.5 Å². The number of aliphatic carboxylic acids is 1. The molecule has 8 heteroatoms. The normalized spacial score (nSPS) is 11.1. The molecular formula is C11H11F3N2O3. The Hall–Kier alpha value is -2.12. The molecule has 0 aliphatic carbocycles. The number of pyridine rings is 1. The van der Waals surface area contributed by atoms with Gasteiger partial charge in [-0.1, -0.05) is 6.07 Å². The first kappa shape index (κ1) is 14.9. The number of aromatic nitrogens is 1. The summed E-state index contributed by atoms with van der Waals surface area (Å²) in [5.74, 6) is -3.33. The zero-order valence-electron chi connectivity index (χ0n) is 9.72. The fourth-order valence-corrected chi connectivity index (χ4v) is 1.37. The third kappa shape index (κ3) is 4.94. The topological polar surface area (TPSA) is 70.5 Å². The van der Waals surface area contributed by atoms with E-state index in [4.69, 9.17) is 5.11 Å². The van der Waals surface area contributed by atoms with Crippen molar-refractivity contribution in [1.82, 2.24) is 9.88 Å². The number of halogens is 3. The largest absolute Gasteiger partial charge is 0.481 e. The Balaban J connectivity index is 2.80. The molecule has 1 heterocycles. The summed E-state index contributed by atoms with van der Waals surface area (Å²) in [6, 6.07) is 3.02. The molecule has 1 rings (SSSR count). The highest BCUT2D eigenvalue weighted by Gasteiger charge is 2.42. The van der Waals surface area contributed by atoms with Gasteiger partial charge < -0.3 is 10.0 Å². The maximum Gasteiger partial charge on any atom is 0.471 e. The number of hydrogen-bond donors (Lipinski definition) is 1. The second kappa shape index (κ2) is 6.17. The van der Waals surface area contributed by atoms with E-state index in [9.17, 15) is 22.8 Å². The van der Waals surface area contributed by atoms with Crippen LogP contribution < -0.4 is 0 Å². The first-order valence-corrected chi connectivity index (χ1v) is 5.27. The number of carbonyl (C=O) groups is 2. The number of hydrogen-bond acceptors (Lipinski definition) is 3. The van der Waals surface area contributed by atoms with E-state index >= 15 is 0 Å². The number of nitrogens with zero attached hydrogens (tertiary/aromatic N) is 2. The lowest BCUT2D eigenvalue weighted by molar-refractivity contribution is -0.186. The minimum absolute atomic E-state index is 0.334. The molecule has 0 aliphatic heterocycles. The van der Waals surface area contributed by atoms with Gasteiger partial charge in [-0.2, -0.15) is 13.2 Å². The van der Waals surface area contributed by atoms with Crippen molar-refractivity contribution in [3.8, 4) is 0 Å². The molecule has 1 amide bonds. The fourth-order valence-electron chi connectivity index (χ4n) is 1.37. The zero-order chi connectivity index (χ0) is 14.5. The first-order chi connectivity index (χ1) is 8.80. The van der Waals surface area contributed by atoms with Crippen molar-refractivity contribution in [2.75, 3.05) is 6.54 Å². The van der Waals surface area contributed by atoms with Crippen LogP contribution in [0, 0.1) is 0 Å². The van der Waals surface area contributed by atoms with Gasteiger partial charge in [-0.3, -0.25) is 14.6 Å². The minimum Gasteiger partial charge on any atom is -0.481 e. The predicted molar refractivity (Wildman–Crippen MR) is 58.0 cm³/mol. The van der Waals surface area contributed by atoms with Gasteiger partial charge in [0.1, 0.15) is 0 Å². The quantitative estimate of drug-likeness (QED) is 0.883. The Kier molecular flexibility index (Phi) is 4.85. The molecule has 5 nitrogen and oxygen atoms in total. The van der Waals surface area contributed by atoms with Gasteiger partial charge in [0.25, 0.3) is 0 Å². The van der Waals surface area contributed by atoms with E-state index in [0.717, 1.165) is 0 Å². The van der Waals surface area contributed by atoms with Crippen LogP contribution in [0.5, 0.6) is 0 Å². The highest BCUT2D eigenvalue weighted by atomic mass is 19.4. The van der Waals surface area contributed by atoms with Gasteiger partial charge in [0.15, 0.2) is 0 Å². The summed E-state index contributed by atoms with van der Waals surface area (Å²) in [4.78, 5) is 25.7. The number of alkyl halides is 3. The number of carbonyl (C=O) groups excluding carboxylic acids is 1. The predicted octanol–water partition coefficient (Wildman–Crippen LogP) is 1.45. The Morgan fingerprint density at radius 3 is 2.53 bits per heavy atom. The minimum atomic E-state index is -5.03. The standard InChI is InChI=1S/C11H11F3N2O3/c12-11(13,14)10(19)16(5-3-9(17)18)7-8-2-1-4-15-6-8/h1-2,4,6H,3,5,7H2,(H,17,18). The fraction of sp³-hybridized carbons (Fsp3) is 0.364. The van der Waals surface area contributed by atoms with Crippen molar-refractivity contribution in [1.29, 1.82) is 0 Å². The van der Waals surface area contributed by atoms with Gasteiger partial charge in [-0.15, -0.1) is 0 Å². The Labute approximate surface area is 106 Å². The van der Waals surface area contributed by atoms with E-state index in [-0.39, 0.29) is 6.54 Å². The van der Waals surface area contributed by atoms with Crippen LogP contribution in [-0.4, -0.2) is 39.6 Å². The summed E-state index contributed by atoms with van der Waals surface area (Å²) in [6.45, 7) is -0.845. The van der Waals surface area contributed by atoms with E-state index in [1.807, 2.05) is 0 Å². The van der Waals surface area contributed by atoms with Crippen LogP contribution in [0.15, 0.2) is 24.5 Å². The molecule has 0 atom stereocenters. The Bertz CT molecular complexity index is 448. The molecule has 0 bridgehead atoms. The number of carboxylic acid groups (broad SMARTS) is 1. The van der Waals surface area contributed by atoms with Crippen molar-refractivity contribution in [2.45, 2.75) is 19.1 Å². The molecule has 0 saturated carbocycles. The van der Waals surface area contributed by atoms with Crippen LogP contribution in [0.4, 0.5) is 13.2 Å². The lowest BCUT2D eigenvalue weighted by atomic mass is 10.2. The molecule has 0 aromatic carbocycles. The third-order valence-corrected chi connectivity index (χ3v) is 2.22. The zero-order valence-corrected chi connectivity index (χ0v) is 9.72. The molecule has 0 spiro atoms. The third-order valence-electron chi connectivity index (χ3n) is 2.22. The van der Waals surface area contributed by atoms with E-state index in [2.05, 4.69) is 4.98 Å². The van der Waals surface area contributed by atoms with Gasteiger partial charge in [0.05, 0.1) is 6.42 Å². The van der Waals surface area contributed by atoms with Gasteiger partial charge in [0, 0.05) is 25.5 Å². The maximum atomic E-state index is 12.4.